The highest BCUT2D eigenvalue weighted by Gasteiger charge is 2.64. The van der Waals surface area contributed by atoms with Gasteiger partial charge in [0.25, 0.3) is 10.0 Å². The van der Waals surface area contributed by atoms with Gasteiger partial charge in [-0.2, -0.15) is 0 Å². The van der Waals surface area contributed by atoms with Gasteiger partial charge in [-0.05, 0) is 116 Å². The van der Waals surface area contributed by atoms with Crippen molar-refractivity contribution >= 4 is 15.9 Å². The topological polar surface area (TPSA) is 104 Å². The lowest BCUT2D eigenvalue weighted by Crippen LogP contribution is -2.62. The second-order valence-corrected chi connectivity index (χ2v) is 15.7. The minimum Gasteiger partial charge on any atom is -0.393 e. The molecule has 11 atom stereocenters. The van der Waals surface area contributed by atoms with Gasteiger partial charge in [0, 0.05) is 6.42 Å². The number of aliphatic hydroxyl groups is 2. The molecule has 0 heterocycles. The fourth-order valence-corrected chi connectivity index (χ4v) is 11.4. The van der Waals surface area contributed by atoms with Crippen molar-refractivity contribution in [2.45, 2.75) is 109 Å². The largest absolute Gasteiger partial charge is 0.393 e. The number of rotatable bonds is 7. The van der Waals surface area contributed by atoms with Crippen LogP contribution in [0.25, 0.3) is 0 Å². The molecule has 218 valence electrons. The normalized spacial score (nSPS) is 42.6. The summed E-state index contributed by atoms with van der Waals surface area (Å²) in [7, 11) is -3.85. The molecule has 3 N–H and O–H groups in total. The second-order valence-electron chi connectivity index (χ2n) is 14.0. The highest BCUT2D eigenvalue weighted by atomic mass is 32.2. The van der Waals surface area contributed by atoms with E-state index in [1.807, 2.05) is 0 Å². The second kappa shape index (κ2) is 10.8. The number of hydrogen-bond donors (Lipinski definition) is 3. The predicted molar refractivity (Wildman–Crippen MR) is 152 cm³/mol. The van der Waals surface area contributed by atoms with Crippen LogP contribution >= 0.6 is 0 Å². The molecule has 1 amide bonds. The molecular formula is C32H49NO5S. The van der Waals surface area contributed by atoms with E-state index >= 15 is 0 Å². The van der Waals surface area contributed by atoms with E-state index in [9.17, 15) is 23.4 Å². The van der Waals surface area contributed by atoms with Gasteiger partial charge < -0.3 is 10.2 Å². The van der Waals surface area contributed by atoms with Gasteiger partial charge >= 0.3 is 0 Å². The molecule has 3 unspecified atom stereocenters. The summed E-state index contributed by atoms with van der Waals surface area (Å²) >= 11 is 0. The first-order chi connectivity index (χ1) is 18.4. The smallest absolute Gasteiger partial charge is 0.264 e. The van der Waals surface area contributed by atoms with Crippen LogP contribution < -0.4 is 4.72 Å². The Labute approximate surface area is 235 Å². The molecule has 4 aliphatic carbocycles. The van der Waals surface area contributed by atoms with Gasteiger partial charge in [0.2, 0.25) is 5.91 Å². The summed E-state index contributed by atoms with van der Waals surface area (Å²) in [6, 6.07) is 8.04. The number of nitrogens with one attached hydrogen (secondary N) is 1. The summed E-state index contributed by atoms with van der Waals surface area (Å²) in [6.45, 7) is 9.35. The van der Waals surface area contributed by atoms with Gasteiger partial charge in [0.1, 0.15) is 0 Å². The molecule has 0 radical (unpaired) electrons. The minimum atomic E-state index is -3.85. The van der Waals surface area contributed by atoms with Gasteiger partial charge in [0.05, 0.1) is 17.1 Å². The van der Waals surface area contributed by atoms with Crippen LogP contribution in [0.1, 0.15) is 91.9 Å². The number of aliphatic hydroxyl groups excluding tert-OH is 2. The summed E-state index contributed by atoms with van der Waals surface area (Å²) in [6.07, 6.45) is 8.57. The number of carbonyl (C=O) groups excluding carboxylic acids is 1. The SMILES string of the molecule is CC[C@H]1[C@@H](O)C2C3CC[C@H]([C@H](C)CCC(=O)NS(=O)(=O)c4ccccc4)[C@@]3(C)CCC2[C@@]2(C)CC[C@@H](O)C[C@@H]12. The first-order valence-corrected chi connectivity index (χ1v) is 16.9. The van der Waals surface area contributed by atoms with Crippen LogP contribution in [0.15, 0.2) is 35.2 Å². The molecule has 0 spiro atoms. The van der Waals surface area contributed by atoms with Crippen molar-refractivity contribution in [2.75, 3.05) is 0 Å². The van der Waals surface area contributed by atoms with E-state index in [1.54, 1.807) is 18.2 Å². The molecule has 0 aliphatic heterocycles. The van der Waals surface area contributed by atoms with Gasteiger partial charge in [-0.25, -0.2) is 13.1 Å². The van der Waals surface area contributed by atoms with Gasteiger partial charge in [0.15, 0.2) is 0 Å². The summed E-state index contributed by atoms with van der Waals surface area (Å²) in [4.78, 5) is 12.8. The van der Waals surface area contributed by atoms with Crippen LogP contribution in [0, 0.1) is 52.3 Å². The average Bonchev–Trinajstić information content (AvgIpc) is 3.26. The summed E-state index contributed by atoms with van der Waals surface area (Å²) in [5, 5.41) is 22.4. The first-order valence-electron chi connectivity index (χ1n) is 15.4. The first kappa shape index (κ1) is 29.1. The Balaban J connectivity index is 1.27. The number of amides is 1. The summed E-state index contributed by atoms with van der Waals surface area (Å²) in [5.74, 6) is 2.26. The van der Waals surface area contributed by atoms with Crippen LogP contribution in [0.2, 0.25) is 0 Å². The third-order valence-electron chi connectivity index (χ3n) is 12.3. The molecular weight excluding hydrogens is 510 g/mol. The van der Waals surface area contributed by atoms with Crippen molar-refractivity contribution in [3.05, 3.63) is 30.3 Å². The summed E-state index contributed by atoms with van der Waals surface area (Å²) in [5.41, 5.74) is 0.320. The monoisotopic (exact) mass is 559 g/mol. The van der Waals surface area contributed by atoms with Gasteiger partial charge in [-0.3, -0.25) is 4.79 Å². The molecule has 5 rings (SSSR count). The van der Waals surface area contributed by atoms with Crippen molar-refractivity contribution in [1.82, 2.24) is 4.72 Å². The molecule has 39 heavy (non-hydrogen) atoms. The minimum absolute atomic E-state index is 0.106. The number of carbonyl (C=O) groups is 1. The zero-order chi connectivity index (χ0) is 28.2. The number of benzene rings is 1. The Kier molecular flexibility index (Phi) is 8.02. The number of fused-ring (bicyclic) bond motifs is 5. The third kappa shape index (κ3) is 4.99. The van der Waals surface area contributed by atoms with Crippen molar-refractivity contribution in [3.8, 4) is 0 Å². The quantitative estimate of drug-likeness (QED) is 0.407. The Bertz CT molecular complexity index is 1140. The Hall–Kier alpha value is -1.44. The highest BCUT2D eigenvalue weighted by Crippen LogP contribution is 2.69. The Morgan fingerprint density at radius 2 is 1.67 bits per heavy atom. The predicted octanol–water partition coefficient (Wildman–Crippen LogP) is 5.53. The lowest BCUT2D eigenvalue weighted by atomic mass is 9.41. The van der Waals surface area contributed by atoms with Gasteiger partial charge in [-0.1, -0.05) is 52.3 Å². The maximum absolute atomic E-state index is 12.7. The van der Waals surface area contributed by atoms with Crippen molar-refractivity contribution < 1.29 is 23.4 Å². The Morgan fingerprint density at radius 3 is 2.36 bits per heavy atom. The molecule has 0 aromatic heterocycles. The molecule has 1 aromatic carbocycles. The number of hydrogen-bond acceptors (Lipinski definition) is 5. The van der Waals surface area contributed by atoms with E-state index in [1.165, 1.54) is 12.1 Å². The zero-order valence-electron chi connectivity index (χ0n) is 24.2. The zero-order valence-corrected chi connectivity index (χ0v) is 25.0. The molecule has 6 nitrogen and oxygen atoms in total. The van der Waals surface area contributed by atoms with Crippen molar-refractivity contribution in [3.63, 3.8) is 0 Å². The maximum atomic E-state index is 12.7. The molecule has 4 aliphatic rings. The molecule has 4 fully saturated rings. The van der Waals surface area contributed by atoms with Crippen molar-refractivity contribution in [2.24, 2.45) is 52.3 Å². The molecule has 1 aromatic rings. The van der Waals surface area contributed by atoms with Crippen LogP contribution in [0.3, 0.4) is 0 Å². The Morgan fingerprint density at radius 1 is 1.00 bits per heavy atom. The fourth-order valence-electron chi connectivity index (χ4n) is 10.4. The van der Waals surface area contributed by atoms with Crippen molar-refractivity contribution in [1.29, 1.82) is 0 Å². The standard InChI is InChI=1S/C32H49NO5S/c1-5-23-27-19-21(34)15-17-32(27,4)26-16-18-31(3)24(12-13-25(31)29(26)30(23)36)20(2)11-14-28(35)33-39(37,38)22-9-7-6-8-10-22/h6-10,20-21,23-27,29-30,34,36H,5,11-19H2,1-4H3,(H,33,35)/t20-,21-,23-,24-,25?,26?,27+,29?,30-,31-,32-/m1/s1. The lowest BCUT2D eigenvalue weighted by Gasteiger charge is -2.64. The highest BCUT2D eigenvalue weighted by molar-refractivity contribution is 7.90. The molecule has 0 bridgehead atoms. The molecule has 4 saturated carbocycles. The van der Waals surface area contributed by atoms with Gasteiger partial charge in [-0.15, -0.1) is 0 Å². The van der Waals surface area contributed by atoms with E-state index < -0.39 is 15.9 Å². The van der Waals surface area contributed by atoms with Crippen LogP contribution in [-0.4, -0.2) is 36.7 Å². The number of sulfonamides is 1. The van der Waals surface area contributed by atoms with E-state index in [0.29, 0.717) is 41.9 Å². The van der Waals surface area contributed by atoms with E-state index in [0.717, 1.165) is 51.4 Å². The molecule has 7 heteroatoms. The summed E-state index contributed by atoms with van der Waals surface area (Å²) < 4.78 is 27.4. The van der Waals surface area contributed by atoms with E-state index in [2.05, 4.69) is 32.4 Å². The third-order valence-corrected chi connectivity index (χ3v) is 13.7. The lowest BCUT2D eigenvalue weighted by molar-refractivity contribution is -0.203. The average molecular weight is 560 g/mol. The van der Waals surface area contributed by atoms with Crippen LogP contribution in [0.5, 0.6) is 0 Å². The fraction of sp³-hybridized carbons (Fsp3) is 0.781. The van der Waals surface area contributed by atoms with Crippen LogP contribution in [0.4, 0.5) is 0 Å². The van der Waals surface area contributed by atoms with E-state index in [4.69, 9.17) is 0 Å². The van der Waals surface area contributed by atoms with E-state index in [-0.39, 0.29) is 40.3 Å². The van der Waals surface area contributed by atoms with Crippen LogP contribution in [-0.2, 0) is 14.8 Å². The maximum Gasteiger partial charge on any atom is 0.264 e. The molecule has 0 saturated heterocycles.